The molecule has 0 aliphatic rings. The first-order valence-corrected chi connectivity index (χ1v) is 12.2. The summed E-state index contributed by atoms with van der Waals surface area (Å²) in [5.41, 5.74) is 0.384. The van der Waals surface area contributed by atoms with Crippen LogP contribution in [0.3, 0.4) is 0 Å². The molecule has 150 valence electrons. The fourth-order valence-corrected chi connectivity index (χ4v) is 5.78. The van der Waals surface area contributed by atoms with Crippen LogP contribution in [0.4, 0.5) is 0 Å². The second-order valence-electron chi connectivity index (χ2n) is 6.36. The van der Waals surface area contributed by atoms with Gasteiger partial charge in [-0.05, 0) is 44.4 Å². The number of ether oxygens (including phenoxy) is 2. The van der Waals surface area contributed by atoms with E-state index in [9.17, 15) is 9.36 Å². The Kier molecular flexibility index (Phi) is 9.69. The van der Waals surface area contributed by atoms with Crippen LogP contribution in [0.5, 0.6) is 0 Å². The normalized spacial score (nSPS) is 13.6. The van der Waals surface area contributed by atoms with E-state index in [1.807, 2.05) is 67.6 Å². The molecule has 6 heteroatoms. The molecule has 0 heterocycles. The van der Waals surface area contributed by atoms with E-state index >= 15 is 0 Å². The van der Waals surface area contributed by atoms with Crippen molar-refractivity contribution in [1.82, 2.24) is 0 Å². The van der Waals surface area contributed by atoms with Gasteiger partial charge < -0.3 is 9.47 Å². The minimum atomic E-state index is -1.64. The van der Waals surface area contributed by atoms with Gasteiger partial charge in [0.1, 0.15) is 0 Å². The lowest BCUT2D eigenvalue weighted by Crippen LogP contribution is -2.46. The smallest absolute Gasteiger partial charge is 0.353 e. The van der Waals surface area contributed by atoms with Gasteiger partial charge in [-0.1, -0.05) is 64.9 Å². The van der Waals surface area contributed by atoms with Crippen LogP contribution >= 0.6 is 19.6 Å². The lowest BCUT2D eigenvalue weighted by atomic mass is 9.96. The average Bonchev–Trinajstić information content (AvgIpc) is 2.72. The summed E-state index contributed by atoms with van der Waals surface area (Å²) in [6.45, 7) is 4.26. The molecule has 0 saturated carbocycles. The van der Waals surface area contributed by atoms with E-state index in [1.165, 1.54) is 11.8 Å². The highest BCUT2D eigenvalue weighted by Gasteiger charge is 2.47. The summed E-state index contributed by atoms with van der Waals surface area (Å²) in [4.78, 5) is 13.9. The maximum atomic E-state index is 12.9. The molecule has 4 nitrogen and oxygen atoms in total. The van der Waals surface area contributed by atoms with Crippen LogP contribution in [-0.4, -0.2) is 36.4 Å². The van der Waals surface area contributed by atoms with E-state index in [1.54, 1.807) is 6.92 Å². The van der Waals surface area contributed by atoms with Crippen LogP contribution < -0.4 is 0 Å². The molecule has 0 aliphatic heterocycles. The first kappa shape index (κ1) is 22.6. The van der Waals surface area contributed by atoms with E-state index < -0.39 is 19.4 Å². The number of benzene rings is 2. The molecule has 2 atom stereocenters. The maximum Gasteiger partial charge on any atom is 0.353 e. The van der Waals surface area contributed by atoms with Gasteiger partial charge >= 0.3 is 13.8 Å². The quantitative estimate of drug-likeness (QED) is 0.257. The minimum absolute atomic E-state index is 0.168. The van der Waals surface area contributed by atoms with Gasteiger partial charge in [0.05, 0.1) is 6.61 Å². The largest absolute Gasteiger partial charge is 0.464 e. The molecule has 0 amide bonds. The van der Waals surface area contributed by atoms with Gasteiger partial charge in [-0.3, -0.25) is 0 Å². The van der Waals surface area contributed by atoms with Crippen LogP contribution in [0, 0.1) is 0 Å². The lowest BCUT2D eigenvalue weighted by Gasteiger charge is -2.27. The number of carbonyl (C=O) groups is 1. The van der Waals surface area contributed by atoms with E-state index in [0.717, 1.165) is 10.5 Å². The summed E-state index contributed by atoms with van der Waals surface area (Å²) in [7, 11) is -1.64. The van der Waals surface area contributed by atoms with Crippen molar-refractivity contribution in [3.63, 3.8) is 0 Å². The van der Waals surface area contributed by atoms with Gasteiger partial charge in [-0.25, -0.2) is 4.79 Å². The van der Waals surface area contributed by atoms with Gasteiger partial charge in [0.25, 0.3) is 0 Å². The Morgan fingerprint density at radius 2 is 1.64 bits per heavy atom. The number of carbonyl (C=O) groups excluding carboxylic acids is 1. The molecule has 0 radical (unpaired) electrons. The first-order valence-electron chi connectivity index (χ1n) is 9.54. The third-order valence-electron chi connectivity index (χ3n) is 4.28. The molecule has 2 aromatic rings. The van der Waals surface area contributed by atoms with Crippen LogP contribution in [0.25, 0.3) is 0 Å². The van der Waals surface area contributed by atoms with E-state index in [-0.39, 0.29) is 12.8 Å². The fourth-order valence-electron chi connectivity index (χ4n) is 2.95. The molecule has 0 fully saturated rings. The monoisotopic (exact) mass is 419 g/mol. The van der Waals surface area contributed by atoms with Crippen molar-refractivity contribution < 1.29 is 18.8 Å². The highest BCUT2D eigenvalue weighted by molar-refractivity contribution is 8.03. The third-order valence-corrected chi connectivity index (χ3v) is 7.42. The van der Waals surface area contributed by atoms with Gasteiger partial charge in [-0.2, -0.15) is 0 Å². The molecular formula is C22H28O4PS+. The molecule has 0 spiro atoms. The summed E-state index contributed by atoms with van der Waals surface area (Å²) < 4.78 is 24.1. The third kappa shape index (κ3) is 7.05. The van der Waals surface area contributed by atoms with Crippen LogP contribution in [0.15, 0.2) is 65.6 Å². The molecule has 28 heavy (non-hydrogen) atoms. The standard InChI is InChI=1S/C22H28O4PS/c1-3-25-21(23)22(26-4-2,16-15-19-11-7-5-8-12-19)17-27(24)18-28-20-13-9-6-10-14-20/h5-14H,3-4,15-18H2,1-2H3/q+1. The Bertz CT molecular complexity index is 739. The molecule has 2 rings (SSSR count). The second kappa shape index (κ2) is 12.0. The average molecular weight is 420 g/mol. The number of hydrogen-bond donors (Lipinski definition) is 0. The minimum Gasteiger partial charge on any atom is -0.464 e. The van der Waals surface area contributed by atoms with Crippen molar-refractivity contribution in [2.24, 2.45) is 0 Å². The fraction of sp³-hybridized carbons (Fsp3) is 0.409. The van der Waals surface area contributed by atoms with Crippen molar-refractivity contribution in [2.75, 3.05) is 24.9 Å². The maximum absolute atomic E-state index is 12.9. The van der Waals surface area contributed by atoms with Crippen molar-refractivity contribution in [3.8, 4) is 0 Å². The number of hydrogen-bond acceptors (Lipinski definition) is 5. The Morgan fingerprint density at radius 1 is 1.00 bits per heavy atom. The van der Waals surface area contributed by atoms with Gasteiger partial charge in [0, 0.05) is 11.5 Å². The van der Waals surface area contributed by atoms with Crippen LogP contribution in [0.2, 0.25) is 0 Å². The molecule has 0 aliphatic carbocycles. The van der Waals surface area contributed by atoms with Crippen molar-refractivity contribution in [2.45, 2.75) is 37.2 Å². The zero-order chi connectivity index (χ0) is 20.2. The number of rotatable bonds is 12. The Hall–Kier alpha value is -1.68. The van der Waals surface area contributed by atoms with Crippen molar-refractivity contribution >= 4 is 25.5 Å². The van der Waals surface area contributed by atoms with Crippen molar-refractivity contribution in [3.05, 3.63) is 66.2 Å². The molecule has 0 N–H and O–H groups in total. The highest BCUT2D eigenvalue weighted by atomic mass is 32.2. The van der Waals surface area contributed by atoms with Crippen LogP contribution in [-0.2, 0) is 25.3 Å². The Balaban J connectivity index is 2.10. The summed E-state index contributed by atoms with van der Waals surface area (Å²) in [5, 5.41) is 0. The Morgan fingerprint density at radius 3 is 2.25 bits per heavy atom. The predicted octanol–water partition coefficient (Wildman–Crippen LogP) is 5.53. The molecule has 0 aromatic heterocycles. The zero-order valence-corrected chi connectivity index (χ0v) is 18.2. The highest BCUT2D eigenvalue weighted by Crippen LogP contribution is 2.38. The van der Waals surface area contributed by atoms with Gasteiger partial charge in [0.15, 0.2) is 11.7 Å². The second-order valence-corrected chi connectivity index (χ2v) is 9.43. The zero-order valence-electron chi connectivity index (χ0n) is 16.5. The SMILES string of the molecule is CCOC(=O)C(CCc1ccccc1)(C[P+](=O)CSc1ccccc1)OCC. The first-order chi connectivity index (χ1) is 13.6. The molecular weight excluding hydrogens is 391 g/mol. The van der Waals surface area contributed by atoms with Crippen molar-refractivity contribution in [1.29, 1.82) is 0 Å². The van der Waals surface area contributed by atoms with E-state index in [4.69, 9.17) is 9.47 Å². The summed E-state index contributed by atoms with van der Waals surface area (Å²) in [5.74, 6) is -0.416. The molecule has 2 unspecified atom stereocenters. The van der Waals surface area contributed by atoms with E-state index in [0.29, 0.717) is 24.9 Å². The Labute approximate surface area is 172 Å². The van der Waals surface area contributed by atoms with Gasteiger partial charge in [-0.15, -0.1) is 0 Å². The summed E-state index contributed by atoms with van der Waals surface area (Å²) in [6.07, 6.45) is 1.27. The van der Waals surface area contributed by atoms with E-state index in [2.05, 4.69) is 0 Å². The number of thioether (sulfide) groups is 1. The van der Waals surface area contributed by atoms with Crippen LogP contribution in [0.1, 0.15) is 25.8 Å². The number of aryl methyl sites for hydroxylation is 1. The molecule has 0 bridgehead atoms. The molecule has 2 aromatic carbocycles. The predicted molar refractivity (Wildman–Crippen MR) is 115 cm³/mol. The summed E-state index contributed by atoms with van der Waals surface area (Å²) in [6, 6.07) is 19.8. The topological polar surface area (TPSA) is 52.6 Å². The molecule has 0 saturated heterocycles. The number of esters is 1. The summed E-state index contributed by atoms with van der Waals surface area (Å²) >= 11 is 1.54. The van der Waals surface area contributed by atoms with Gasteiger partial charge in [0.2, 0.25) is 5.60 Å². The lowest BCUT2D eigenvalue weighted by molar-refractivity contribution is -0.169.